The van der Waals surface area contributed by atoms with E-state index >= 15 is 0 Å². The first-order valence-corrected chi connectivity index (χ1v) is 8.69. The van der Waals surface area contributed by atoms with E-state index in [4.69, 9.17) is 4.74 Å². The highest BCUT2D eigenvalue weighted by atomic mass is 79.9. The van der Waals surface area contributed by atoms with Crippen molar-refractivity contribution in [3.05, 3.63) is 63.1 Å². The summed E-state index contributed by atoms with van der Waals surface area (Å²) in [5.41, 5.74) is 5.03. The number of rotatable bonds is 5. The molecular formula is C20H25BrO. The fourth-order valence-corrected chi connectivity index (χ4v) is 2.97. The molecule has 0 spiro atoms. The average molecular weight is 361 g/mol. The number of hydrogen-bond donors (Lipinski definition) is 0. The third-order valence-corrected chi connectivity index (χ3v) is 4.93. The van der Waals surface area contributed by atoms with E-state index in [1.807, 2.05) is 6.07 Å². The van der Waals surface area contributed by atoms with Crippen LogP contribution >= 0.6 is 15.9 Å². The molecule has 0 aliphatic rings. The van der Waals surface area contributed by atoms with Crippen LogP contribution in [0.4, 0.5) is 0 Å². The van der Waals surface area contributed by atoms with Gasteiger partial charge in [-0.2, -0.15) is 0 Å². The second-order valence-electron chi connectivity index (χ2n) is 6.40. The molecule has 0 amide bonds. The Bertz CT molecular complexity index is 629. The van der Waals surface area contributed by atoms with Crippen molar-refractivity contribution in [2.24, 2.45) is 5.92 Å². The molecule has 0 bridgehead atoms. The zero-order valence-corrected chi connectivity index (χ0v) is 15.7. The Kier molecular flexibility index (Phi) is 5.69. The smallest absolute Gasteiger partial charge is 0.123 e. The van der Waals surface area contributed by atoms with Gasteiger partial charge in [-0.25, -0.2) is 0 Å². The Morgan fingerprint density at radius 2 is 1.55 bits per heavy atom. The van der Waals surface area contributed by atoms with Gasteiger partial charge in [0.05, 0.1) is 0 Å². The lowest BCUT2D eigenvalue weighted by molar-refractivity contribution is 0.225. The van der Waals surface area contributed by atoms with Crippen LogP contribution in [0.5, 0.6) is 5.75 Å². The molecule has 2 heteroatoms. The summed E-state index contributed by atoms with van der Waals surface area (Å²) in [7, 11) is 0. The molecule has 118 valence electrons. The highest BCUT2D eigenvalue weighted by Gasteiger charge is 2.11. The van der Waals surface area contributed by atoms with Gasteiger partial charge >= 0.3 is 0 Å². The molecule has 2 aromatic carbocycles. The van der Waals surface area contributed by atoms with Crippen LogP contribution in [0, 0.1) is 19.8 Å². The van der Waals surface area contributed by atoms with Crippen LogP contribution < -0.4 is 4.74 Å². The van der Waals surface area contributed by atoms with Crippen LogP contribution in [-0.2, 0) is 6.42 Å². The second-order valence-corrected chi connectivity index (χ2v) is 7.25. The molecule has 0 fully saturated rings. The standard InChI is InChI=1S/C20H25BrO/c1-13(2)12-17-6-8-18(9-7-17)16(5)22-20-11-10-19(21)14(3)15(20)4/h6-11,13,16H,12H2,1-5H3. The molecule has 0 aromatic heterocycles. The third kappa shape index (κ3) is 4.13. The van der Waals surface area contributed by atoms with Gasteiger partial charge in [0.15, 0.2) is 0 Å². The van der Waals surface area contributed by atoms with Gasteiger partial charge < -0.3 is 4.74 Å². The van der Waals surface area contributed by atoms with Gasteiger partial charge in [0, 0.05) is 4.47 Å². The van der Waals surface area contributed by atoms with Crippen molar-refractivity contribution < 1.29 is 4.74 Å². The molecule has 22 heavy (non-hydrogen) atoms. The van der Waals surface area contributed by atoms with Crippen molar-refractivity contribution in [1.29, 1.82) is 0 Å². The van der Waals surface area contributed by atoms with Crippen molar-refractivity contribution in [3.8, 4) is 5.75 Å². The largest absolute Gasteiger partial charge is 0.486 e. The Hall–Kier alpha value is -1.28. The molecule has 0 aliphatic carbocycles. The predicted molar refractivity (Wildman–Crippen MR) is 97.6 cm³/mol. The van der Waals surface area contributed by atoms with E-state index in [1.165, 1.54) is 22.3 Å². The lowest BCUT2D eigenvalue weighted by Gasteiger charge is -2.18. The predicted octanol–water partition coefficient (Wildman–Crippen LogP) is 6.40. The lowest BCUT2D eigenvalue weighted by Crippen LogP contribution is -2.05. The quantitative estimate of drug-likeness (QED) is 0.598. The lowest BCUT2D eigenvalue weighted by atomic mass is 10.0. The molecule has 2 rings (SSSR count). The normalized spacial score (nSPS) is 12.5. The minimum absolute atomic E-state index is 0.0485. The average Bonchev–Trinajstić information content (AvgIpc) is 2.48. The highest BCUT2D eigenvalue weighted by Crippen LogP contribution is 2.31. The molecule has 0 aliphatic heterocycles. The van der Waals surface area contributed by atoms with Crippen molar-refractivity contribution in [2.75, 3.05) is 0 Å². The first kappa shape index (κ1) is 17.1. The second kappa shape index (κ2) is 7.32. The summed E-state index contributed by atoms with van der Waals surface area (Å²) in [6.45, 7) is 10.8. The zero-order valence-electron chi connectivity index (χ0n) is 14.1. The van der Waals surface area contributed by atoms with Gasteiger partial charge in [-0.05, 0) is 67.5 Å². The molecule has 1 atom stereocenters. The van der Waals surface area contributed by atoms with E-state index < -0.39 is 0 Å². The summed E-state index contributed by atoms with van der Waals surface area (Å²) < 4.78 is 7.29. The Morgan fingerprint density at radius 3 is 2.14 bits per heavy atom. The van der Waals surface area contributed by atoms with Gasteiger partial charge in [-0.15, -0.1) is 0 Å². The minimum Gasteiger partial charge on any atom is -0.486 e. The van der Waals surface area contributed by atoms with Crippen LogP contribution in [0.15, 0.2) is 40.9 Å². The molecule has 0 N–H and O–H groups in total. The number of ether oxygens (including phenoxy) is 1. The monoisotopic (exact) mass is 360 g/mol. The van der Waals surface area contributed by atoms with Gasteiger partial charge in [0.25, 0.3) is 0 Å². The van der Waals surface area contributed by atoms with Crippen molar-refractivity contribution in [1.82, 2.24) is 0 Å². The molecule has 0 radical (unpaired) electrons. The van der Waals surface area contributed by atoms with Crippen molar-refractivity contribution >= 4 is 15.9 Å². The molecule has 2 aromatic rings. The molecular weight excluding hydrogens is 336 g/mol. The van der Waals surface area contributed by atoms with Crippen LogP contribution in [-0.4, -0.2) is 0 Å². The zero-order chi connectivity index (χ0) is 16.3. The molecule has 0 heterocycles. The maximum absolute atomic E-state index is 6.17. The maximum atomic E-state index is 6.17. The van der Waals surface area contributed by atoms with E-state index in [0.717, 1.165) is 16.6 Å². The van der Waals surface area contributed by atoms with E-state index in [1.54, 1.807) is 0 Å². The minimum atomic E-state index is 0.0485. The van der Waals surface area contributed by atoms with Gasteiger partial charge in [0.1, 0.15) is 11.9 Å². The topological polar surface area (TPSA) is 9.23 Å². The van der Waals surface area contributed by atoms with Gasteiger partial charge in [0.2, 0.25) is 0 Å². The SMILES string of the molecule is Cc1c(Br)ccc(OC(C)c2ccc(CC(C)C)cc2)c1C. The first-order valence-electron chi connectivity index (χ1n) is 7.89. The Labute approximate surface area is 142 Å². The van der Waals surface area contributed by atoms with E-state index in [0.29, 0.717) is 5.92 Å². The Balaban J connectivity index is 2.12. The maximum Gasteiger partial charge on any atom is 0.123 e. The van der Waals surface area contributed by atoms with Crippen LogP contribution in [0.25, 0.3) is 0 Å². The van der Waals surface area contributed by atoms with E-state index in [9.17, 15) is 0 Å². The van der Waals surface area contributed by atoms with Gasteiger partial charge in [-0.3, -0.25) is 0 Å². The summed E-state index contributed by atoms with van der Waals surface area (Å²) in [4.78, 5) is 0. The van der Waals surface area contributed by atoms with E-state index in [2.05, 4.69) is 80.9 Å². The van der Waals surface area contributed by atoms with Crippen molar-refractivity contribution in [2.45, 2.75) is 47.1 Å². The molecule has 0 saturated carbocycles. The summed E-state index contributed by atoms with van der Waals surface area (Å²) >= 11 is 3.56. The first-order chi connectivity index (χ1) is 10.4. The fourth-order valence-electron chi connectivity index (χ4n) is 2.55. The van der Waals surface area contributed by atoms with Crippen LogP contribution in [0.3, 0.4) is 0 Å². The summed E-state index contributed by atoms with van der Waals surface area (Å²) in [6, 6.07) is 12.9. The summed E-state index contributed by atoms with van der Waals surface area (Å²) in [6.07, 6.45) is 1.17. The number of benzene rings is 2. The highest BCUT2D eigenvalue weighted by molar-refractivity contribution is 9.10. The van der Waals surface area contributed by atoms with Crippen LogP contribution in [0.1, 0.15) is 49.1 Å². The number of halogens is 1. The summed E-state index contributed by atoms with van der Waals surface area (Å²) in [5.74, 6) is 1.65. The van der Waals surface area contributed by atoms with Gasteiger partial charge in [-0.1, -0.05) is 54.0 Å². The van der Waals surface area contributed by atoms with E-state index in [-0.39, 0.29) is 6.10 Å². The Morgan fingerprint density at radius 1 is 0.909 bits per heavy atom. The molecule has 1 nitrogen and oxygen atoms in total. The molecule has 1 unspecified atom stereocenters. The van der Waals surface area contributed by atoms with Crippen LogP contribution in [0.2, 0.25) is 0 Å². The molecule has 0 saturated heterocycles. The summed E-state index contributed by atoms with van der Waals surface area (Å²) in [5, 5.41) is 0. The van der Waals surface area contributed by atoms with Crippen molar-refractivity contribution in [3.63, 3.8) is 0 Å². The number of hydrogen-bond acceptors (Lipinski definition) is 1. The fraction of sp³-hybridized carbons (Fsp3) is 0.400. The third-order valence-electron chi connectivity index (χ3n) is 4.07.